The summed E-state index contributed by atoms with van der Waals surface area (Å²) in [6.07, 6.45) is 0.260. The molecule has 0 saturated carbocycles. The summed E-state index contributed by atoms with van der Waals surface area (Å²) in [4.78, 5) is 11.7. The van der Waals surface area contributed by atoms with Gasteiger partial charge >= 0.3 is 0 Å². The molecule has 0 radical (unpaired) electrons. The van der Waals surface area contributed by atoms with Crippen molar-refractivity contribution >= 4 is 15.8 Å². The zero-order valence-corrected chi connectivity index (χ0v) is 12.3. The van der Waals surface area contributed by atoms with Crippen molar-refractivity contribution < 1.29 is 13.2 Å². The van der Waals surface area contributed by atoms with Crippen molar-refractivity contribution in [2.75, 3.05) is 13.1 Å². The molecule has 1 aliphatic heterocycles. The van der Waals surface area contributed by atoms with Crippen molar-refractivity contribution in [3.05, 3.63) is 29.3 Å². The van der Waals surface area contributed by atoms with Crippen LogP contribution in [0.1, 0.15) is 24.5 Å². The molecule has 2 rings (SSSR count). The first kappa shape index (κ1) is 14.7. The van der Waals surface area contributed by atoms with Crippen LogP contribution in [0.3, 0.4) is 0 Å². The fourth-order valence-corrected chi connectivity index (χ4v) is 4.08. The molecular formula is C14H16N2O3S. The molecule has 0 amide bonds. The zero-order valence-electron chi connectivity index (χ0n) is 11.5. The van der Waals surface area contributed by atoms with E-state index >= 15 is 0 Å². The van der Waals surface area contributed by atoms with Crippen molar-refractivity contribution in [3.63, 3.8) is 0 Å². The average molecular weight is 292 g/mol. The van der Waals surface area contributed by atoms with Gasteiger partial charge in [0.2, 0.25) is 10.0 Å². The fraction of sp³-hybridized carbons (Fsp3) is 0.429. The minimum absolute atomic E-state index is 0.105. The molecule has 1 fully saturated rings. The highest BCUT2D eigenvalue weighted by molar-refractivity contribution is 7.89. The van der Waals surface area contributed by atoms with Gasteiger partial charge in [-0.05, 0) is 30.7 Å². The van der Waals surface area contributed by atoms with Gasteiger partial charge < -0.3 is 0 Å². The van der Waals surface area contributed by atoms with Gasteiger partial charge in [0.15, 0.2) is 0 Å². The largest absolute Gasteiger partial charge is 0.299 e. The second-order valence-electron chi connectivity index (χ2n) is 5.07. The molecule has 1 aliphatic rings. The van der Waals surface area contributed by atoms with E-state index in [9.17, 15) is 13.2 Å². The van der Waals surface area contributed by atoms with Gasteiger partial charge in [0, 0.05) is 25.4 Å². The van der Waals surface area contributed by atoms with Crippen LogP contribution in [-0.4, -0.2) is 31.6 Å². The molecule has 6 heteroatoms. The summed E-state index contributed by atoms with van der Waals surface area (Å²) in [6, 6.07) is 6.51. The Labute approximate surface area is 118 Å². The van der Waals surface area contributed by atoms with Gasteiger partial charge in [0.05, 0.1) is 16.5 Å². The SMILES string of the molecule is Cc1cc(C#N)ccc1S(=O)(=O)N1CCC(=O)C(C)C1. The number of benzene rings is 1. The van der Waals surface area contributed by atoms with Gasteiger partial charge in [-0.2, -0.15) is 9.57 Å². The summed E-state index contributed by atoms with van der Waals surface area (Å²) in [5, 5.41) is 8.82. The van der Waals surface area contributed by atoms with Crippen LogP contribution in [0, 0.1) is 24.2 Å². The van der Waals surface area contributed by atoms with Gasteiger partial charge in [0.1, 0.15) is 5.78 Å². The third-order valence-corrected chi connectivity index (χ3v) is 5.58. The molecule has 1 aromatic carbocycles. The van der Waals surface area contributed by atoms with Crippen LogP contribution in [-0.2, 0) is 14.8 Å². The van der Waals surface area contributed by atoms with Crippen LogP contribution in [0.25, 0.3) is 0 Å². The number of carbonyl (C=O) groups excluding carboxylic acids is 1. The third kappa shape index (κ3) is 2.60. The molecule has 1 unspecified atom stereocenters. The second-order valence-corrected chi connectivity index (χ2v) is 6.98. The molecule has 1 aromatic rings. The first-order valence-electron chi connectivity index (χ1n) is 6.40. The van der Waals surface area contributed by atoms with E-state index in [1.54, 1.807) is 19.9 Å². The number of ketones is 1. The van der Waals surface area contributed by atoms with Crippen molar-refractivity contribution in [3.8, 4) is 6.07 Å². The molecule has 0 aliphatic carbocycles. The Bertz CT molecular complexity index is 689. The average Bonchev–Trinajstić information content (AvgIpc) is 2.41. The number of hydrogen-bond acceptors (Lipinski definition) is 4. The summed E-state index contributed by atoms with van der Waals surface area (Å²) >= 11 is 0. The summed E-state index contributed by atoms with van der Waals surface area (Å²) in [5.74, 6) is -0.162. The molecule has 0 bridgehead atoms. The lowest BCUT2D eigenvalue weighted by atomic mass is 10.0. The fourth-order valence-electron chi connectivity index (χ4n) is 2.35. The van der Waals surface area contributed by atoms with E-state index in [0.29, 0.717) is 11.1 Å². The van der Waals surface area contributed by atoms with Crippen molar-refractivity contribution in [2.24, 2.45) is 5.92 Å². The van der Waals surface area contributed by atoms with Crippen LogP contribution < -0.4 is 0 Å². The highest BCUT2D eigenvalue weighted by atomic mass is 32.2. The number of rotatable bonds is 2. The summed E-state index contributed by atoms with van der Waals surface area (Å²) in [5.41, 5.74) is 0.984. The number of piperidine rings is 1. The summed E-state index contributed by atoms with van der Waals surface area (Å²) < 4.78 is 26.5. The van der Waals surface area contributed by atoms with Gasteiger partial charge in [-0.25, -0.2) is 8.42 Å². The smallest absolute Gasteiger partial charge is 0.243 e. The lowest BCUT2D eigenvalue weighted by molar-refractivity contribution is -0.124. The van der Waals surface area contributed by atoms with Crippen LogP contribution in [0.4, 0.5) is 0 Å². The number of nitriles is 1. The molecule has 1 atom stereocenters. The monoisotopic (exact) mass is 292 g/mol. The minimum atomic E-state index is -3.60. The topological polar surface area (TPSA) is 78.2 Å². The summed E-state index contributed by atoms with van der Waals surface area (Å²) in [7, 11) is -3.60. The van der Waals surface area contributed by atoms with Crippen molar-refractivity contribution in [1.29, 1.82) is 5.26 Å². The predicted octanol–water partition coefficient (Wildman–Crippen LogP) is 1.47. The predicted molar refractivity (Wildman–Crippen MR) is 73.4 cm³/mol. The Morgan fingerprint density at radius 2 is 2.10 bits per heavy atom. The maximum absolute atomic E-state index is 12.6. The maximum atomic E-state index is 12.6. The van der Waals surface area contributed by atoms with E-state index in [2.05, 4.69) is 0 Å². The Hall–Kier alpha value is -1.71. The minimum Gasteiger partial charge on any atom is -0.299 e. The van der Waals surface area contributed by atoms with Crippen molar-refractivity contribution in [1.82, 2.24) is 4.31 Å². The quantitative estimate of drug-likeness (QED) is 0.827. The van der Waals surface area contributed by atoms with Gasteiger partial charge in [-0.3, -0.25) is 4.79 Å². The van der Waals surface area contributed by atoms with E-state index in [1.807, 2.05) is 6.07 Å². The van der Waals surface area contributed by atoms with E-state index in [1.165, 1.54) is 16.4 Å². The molecule has 1 heterocycles. The zero-order chi connectivity index (χ0) is 14.9. The van der Waals surface area contributed by atoms with E-state index in [-0.39, 0.29) is 36.1 Å². The molecule has 5 nitrogen and oxygen atoms in total. The Morgan fingerprint density at radius 1 is 1.40 bits per heavy atom. The number of sulfonamides is 1. The molecule has 0 spiro atoms. The van der Waals surface area contributed by atoms with Gasteiger partial charge in [-0.15, -0.1) is 0 Å². The Morgan fingerprint density at radius 3 is 2.65 bits per heavy atom. The van der Waals surface area contributed by atoms with Crippen LogP contribution in [0.5, 0.6) is 0 Å². The maximum Gasteiger partial charge on any atom is 0.243 e. The first-order valence-corrected chi connectivity index (χ1v) is 7.84. The van der Waals surface area contributed by atoms with E-state index < -0.39 is 10.0 Å². The van der Waals surface area contributed by atoms with Crippen molar-refractivity contribution in [2.45, 2.75) is 25.2 Å². The standard InChI is InChI=1S/C14H16N2O3S/c1-10-7-12(8-15)3-4-14(10)20(18,19)16-6-5-13(17)11(2)9-16/h3-4,7,11H,5-6,9H2,1-2H3. The number of carbonyl (C=O) groups is 1. The summed E-state index contributed by atoms with van der Waals surface area (Å²) in [6.45, 7) is 3.87. The molecule has 106 valence electrons. The highest BCUT2D eigenvalue weighted by Gasteiger charge is 2.33. The third-order valence-electron chi connectivity index (χ3n) is 3.56. The second kappa shape index (κ2) is 5.35. The Balaban J connectivity index is 2.36. The molecule has 1 saturated heterocycles. The van der Waals surface area contributed by atoms with Gasteiger partial charge in [-0.1, -0.05) is 6.92 Å². The number of aryl methyl sites for hydroxylation is 1. The highest BCUT2D eigenvalue weighted by Crippen LogP contribution is 2.24. The molecular weight excluding hydrogens is 276 g/mol. The van der Waals surface area contributed by atoms with E-state index in [0.717, 1.165) is 0 Å². The Kier molecular flexibility index (Phi) is 3.93. The normalized spacial score (nSPS) is 20.6. The first-order chi connectivity index (χ1) is 9.36. The lowest BCUT2D eigenvalue weighted by Crippen LogP contribution is -2.43. The number of hydrogen-bond donors (Lipinski definition) is 0. The van der Waals surface area contributed by atoms with Gasteiger partial charge in [0.25, 0.3) is 0 Å². The number of Topliss-reactive ketones (excluding diaryl/α,β-unsaturated/α-hetero) is 1. The van der Waals surface area contributed by atoms with E-state index in [4.69, 9.17) is 5.26 Å². The number of nitrogens with zero attached hydrogens (tertiary/aromatic N) is 2. The molecule has 0 aromatic heterocycles. The lowest BCUT2D eigenvalue weighted by Gasteiger charge is -2.29. The molecule has 0 N–H and O–H groups in total. The van der Waals surface area contributed by atoms with Crippen LogP contribution in [0.15, 0.2) is 23.1 Å². The van der Waals surface area contributed by atoms with Crippen LogP contribution in [0.2, 0.25) is 0 Å². The molecule has 20 heavy (non-hydrogen) atoms. The van der Waals surface area contributed by atoms with Crippen LogP contribution >= 0.6 is 0 Å².